The van der Waals surface area contributed by atoms with Crippen molar-refractivity contribution >= 4 is 31.5 Å². The van der Waals surface area contributed by atoms with Crippen molar-refractivity contribution in [3.8, 4) is 0 Å². The van der Waals surface area contributed by atoms with Crippen molar-refractivity contribution in [1.29, 1.82) is 0 Å². The Kier molecular flexibility index (Phi) is 4.10. The third kappa shape index (κ3) is 3.16. The molecule has 0 bridgehead atoms. The topological polar surface area (TPSA) is 60.2 Å². The van der Waals surface area contributed by atoms with E-state index in [0.29, 0.717) is 21.8 Å². The average Bonchev–Trinajstić information content (AvgIpc) is 2.32. The van der Waals surface area contributed by atoms with Crippen molar-refractivity contribution in [1.82, 2.24) is 0 Å². The van der Waals surface area contributed by atoms with Crippen molar-refractivity contribution in [3.63, 3.8) is 0 Å². The highest BCUT2D eigenvalue weighted by Gasteiger charge is 2.21. The third-order valence-electron chi connectivity index (χ3n) is 2.65. The van der Waals surface area contributed by atoms with Crippen molar-refractivity contribution in [3.05, 3.63) is 58.1 Å². The quantitative estimate of drug-likeness (QED) is 0.673. The van der Waals surface area contributed by atoms with Gasteiger partial charge in [0.15, 0.2) is 9.84 Å². The summed E-state index contributed by atoms with van der Waals surface area (Å²) in [5, 5.41) is 0. The molecule has 0 amide bonds. The van der Waals surface area contributed by atoms with Crippen LogP contribution in [0.25, 0.3) is 0 Å². The van der Waals surface area contributed by atoms with Gasteiger partial charge in [-0.1, -0.05) is 22.0 Å². The second-order valence-electron chi connectivity index (χ2n) is 4.18. The zero-order chi connectivity index (χ0) is 14.9. The molecule has 2 N–H and O–H groups in total. The molecule has 2 rings (SSSR count). The second kappa shape index (κ2) is 5.49. The number of anilines is 1. The molecule has 0 spiro atoms. The molecule has 0 heterocycles. The maximum atomic E-state index is 13.6. The van der Waals surface area contributed by atoms with Gasteiger partial charge in [0.1, 0.15) is 16.5 Å². The minimum atomic E-state index is -3.91. The molecule has 0 atom stereocenters. The molecule has 2 aromatic carbocycles. The zero-order valence-corrected chi connectivity index (χ0v) is 12.5. The van der Waals surface area contributed by atoms with Crippen LogP contribution in [0.5, 0.6) is 0 Å². The van der Waals surface area contributed by atoms with Crippen LogP contribution in [-0.4, -0.2) is 8.42 Å². The predicted octanol–water partition coefficient (Wildman–Crippen LogP) is 3.28. The molecule has 7 heteroatoms. The molecule has 0 aliphatic carbocycles. The van der Waals surface area contributed by atoms with Crippen LogP contribution in [0.3, 0.4) is 0 Å². The number of nitrogens with two attached hydrogens (primary N) is 1. The number of hydrogen-bond donors (Lipinski definition) is 1. The van der Waals surface area contributed by atoms with E-state index in [-0.39, 0.29) is 0 Å². The lowest BCUT2D eigenvalue weighted by atomic mass is 10.2. The SMILES string of the molecule is Nc1ccc(CS(=O)(=O)c2ccc(F)cc2F)c(Br)c1. The van der Waals surface area contributed by atoms with Gasteiger partial charge in [0.2, 0.25) is 0 Å². The molecule has 0 aliphatic rings. The molecule has 0 fully saturated rings. The Morgan fingerprint density at radius 2 is 1.80 bits per heavy atom. The highest BCUT2D eigenvalue weighted by Crippen LogP contribution is 2.26. The number of sulfone groups is 1. The molecule has 0 radical (unpaired) electrons. The summed E-state index contributed by atoms with van der Waals surface area (Å²) < 4.78 is 51.2. The van der Waals surface area contributed by atoms with Crippen LogP contribution >= 0.6 is 15.9 Å². The molecular weight excluding hydrogens is 352 g/mol. The Morgan fingerprint density at radius 3 is 2.40 bits per heavy atom. The van der Waals surface area contributed by atoms with Gasteiger partial charge in [-0.2, -0.15) is 0 Å². The summed E-state index contributed by atoms with van der Waals surface area (Å²) in [5.41, 5.74) is 6.49. The van der Waals surface area contributed by atoms with Crippen LogP contribution in [0.4, 0.5) is 14.5 Å². The van der Waals surface area contributed by atoms with Gasteiger partial charge in [-0.3, -0.25) is 0 Å². The van der Waals surface area contributed by atoms with Crippen LogP contribution in [0.2, 0.25) is 0 Å². The first-order valence-corrected chi connectivity index (χ1v) is 7.96. The summed E-state index contributed by atoms with van der Waals surface area (Å²) in [4.78, 5) is -0.525. The summed E-state index contributed by atoms with van der Waals surface area (Å²) in [5.74, 6) is -2.33. The summed E-state index contributed by atoms with van der Waals surface area (Å²) in [7, 11) is -3.91. The van der Waals surface area contributed by atoms with Crippen molar-refractivity contribution in [2.45, 2.75) is 10.6 Å². The molecule has 20 heavy (non-hydrogen) atoms. The Labute approximate surface area is 123 Å². The molecule has 0 unspecified atom stereocenters. The maximum absolute atomic E-state index is 13.6. The van der Waals surface area contributed by atoms with Crippen molar-refractivity contribution in [2.24, 2.45) is 0 Å². The zero-order valence-electron chi connectivity index (χ0n) is 10.1. The van der Waals surface area contributed by atoms with E-state index < -0.39 is 32.1 Å². The highest BCUT2D eigenvalue weighted by atomic mass is 79.9. The average molecular weight is 362 g/mol. The van der Waals surface area contributed by atoms with E-state index in [9.17, 15) is 17.2 Å². The van der Waals surface area contributed by atoms with Gasteiger partial charge in [-0.25, -0.2) is 17.2 Å². The number of rotatable bonds is 3. The summed E-state index contributed by atoms with van der Waals surface area (Å²) in [6.07, 6.45) is 0. The standard InChI is InChI=1S/C13H10BrF2NO2S/c14-11-6-10(17)3-1-8(11)7-20(18,19)13-4-2-9(15)5-12(13)16/h1-6H,7,17H2. The van der Waals surface area contributed by atoms with E-state index in [1.165, 1.54) is 0 Å². The molecule has 0 aromatic heterocycles. The van der Waals surface area contributed by atoms with Gasteiger partial charge in [0, 0.05) is 16.2 Å². The normalized spacial score (nSPS) is 11.6. The summed E-state index contributed by atoms with van der Waals surface area (Å²) in [6.45, 7) is 0. The fraction of sp³-hybridized carbons (Fsp3) is 0.0769. The number of hydrogen-bond acceptors (Lipinski definition) is 3. The van der Waals surface area contributed by atoms with Crippen LogP contribution in [0, 0.1) is 11.6 Å². The number of benzene rings is 2. The first-order valence-electron chi connectivity index (χ1n) is 5.51. The molecule has 0 saturated carbocycles. The molecule has 0 aliphatic heterocycles. The molecule has 106 valence electrons. The second-order valence-corrected chi connectivity index (χ2v) is 7.00. The first kappa shape index (κ1) is 14.9. The Morgan fingerprint density at radius 1 is 1.10 bits per heavy atom. The molecule has 3 nitrogen and oxygen atoms in total. The molecule has 0 saturated heterocycles. The van der Waals surface area contributed by atoms with Crippen molar-refractivity contribution in [2.75, 3.05) is 5.73 Å². The Balaban J connectivity index is 2.41. The maximum Gasteiger partial charge on any atom is 0.185 e. The predicted molar refractivity (Wildman–Crippen MR) is 75.8 cm³/mol. The van der Waals surface area contributed by atoms with Crippen LogP contribution < -0.4 is 5.73 Å². The van der Waals surface area contributed by atoms with E-state index in [4.69, 9.17) is 5.73 Å². The van der Waals surface area contributed by atoms with E-state index in [0.717, 1.165) is 12.1 Å². The molecule has 2 aromatic rings. The van der Waals surface area contributed by atoms with E-state index >= 15 is 0 Å². The van der Waals surface area contributed by atoms with Gasteiger partial charge in [-0.15, -0.1) is 0 Å². The molecular formula is C13H10BrF2NO2S. The third-order valence-corrected chi connectivity index (χ3v) is 5.08. The smallest absolute Gasteiger partial charge is 0.185 e. The highest BCUT2D eigenvalue weighted by molar-refractivity contribution is 9.10. The van der Waals surface area contributed by atoms with Crippen LogP contribution in [-0.2, 0) is 15.6 Å². The Bertz CT molecular complexity index is 763. The van der Waals surface area contributed by atoms with E-state index in [2.05, 4.69) is 15.9 Å². The van der Waals surface area contributed by atoms with Crippen molar-refractivity contribution < 1.29 is 17.2 Å². The lowest BCUT2D eigenvalue weighted by Gasteiger charge is -2.08. The van der Waals surface area contributed by atoms with Gasteiger partial charge in [-0.05, 0) is 29.8 Å². The van der Waals surface area contributed by atoms with Gasteiger partial charge in [0.05, 0.1) is 5.75 Å². The lowest BCUT2D eigenvalue weighted by Crippen LogP contribution is -2.08. The summed E-state index contributed by atoms with van der Waals surface area (Å²) in [6, 6.07) is 7.03. The van der Waals surface area contributed by atoms with Crippen LogP contribution in [0.15, 0.2) is 45.8 Å². The minimum Gasteiger partial charge on any atom is -0.399 e. The fourth-order valence-corrected chi connectivity index (χ4v) is 3.86. The Hall–Kier alpha value is -1.47. The van der Waals surface area contributed by atoms with Gasteiger partial charge >= 0.3 is 0 Å². The minimum absolute atomic E-state index is 0.406. The van der Waals surface area contributed by atoms with Gasteiger partial charge < -0.3 is 5.73 Å². The van der Waals surface area contributed by atoms with Gasteiger partial charge in [0.25, 0.3) is 0 Å². The fourth-order valence-electron chi connectivity index (χ4n) is 1.69. The van der Waals surface area contributed by atoms with E-state index in [1.807, 2.05) is 0 Å². The monoisotopic (exact) mass is 361 g/mol. The largest absolute Gasteiger partial charge is 0.399 e. The van der Waals surface area contributed by atoms with Crippen LogP contribution in [0.1, 0.15) is 5.56 Å². The number of nitrogen functional groups attached to an aromatic ring is 1. The van der Waals surface area contributed by atoms with E-state index in [1.54, 1.807) is 18.2 Å². The first-order chi connectivity index (χ1) is 9.29. The number of halogens is 3. The summed E-state index contributed by atoms with van der Waals surface area (Å²) >= 11 is 3.20. The lowest BCUT2D eigenvalue weighted by molar-refractivity contribution is 0.549.